The maximum absolute atomic E-state index is 9.04. The number of aryl methyl sites for hydroxylation is 2. The van der Waals surface area contributed by atoms with Crippen molar-refractivity contribution < 1.29 is 5.11 Å². The Hall–Kier alpha value is -1.20. The van der Waals surface area contributed by atoms with Gasteiger partial charge in [-0.1, -0.05) is 6.92 Å². The average Bonchev–Trinajstić information content (AvgIpc) is 3.29. The Kier molecular flexibility index (Phi) is 4.93. The van der Waals surface area contributed by atoms with Gasteiger partial charge in [-0.2, -0.15) is 0 Å². The van der Waals surface area contributed by atoms with Crippen LogP contribution < -0.4 is 5.32 Å². The zero-order valence-electron chi connectivity index (χ0n) is 13.8. The number of likely N-dealkylation sites (tertiary alicyclic amines) is 1. The van der Waals surface area contributed by atoms with Crippen LogP contribution in [0.1, 0.15) is 37.4 Å². The molecule has 0 bridgehead atoms. The van der Waals surface area contributed by atoms with Crippen LogP contribution in [0.4, 0.5) is 5.95 Å². The molecule has 3 rings (SSSR count). The highest BCUT2D eigenvalue weighted by atomic mass is 16.3. The minimum Gasteiger partial charge on any atom is -0.396 e. The lowest BCUT2D eigenvalue weighted by Gasteiger charge is -2.20. The molecule has 1 aliphatic carbocycles. The van der Waals surface area contributed by atoms with E-state index in [1.807, 2.05) is 6.20 Å². The standard InChI is InChI=1S/C17H28N4O/c1-3-15-12(2)9-18-17(19-15)20-16-11-21(7-4-8-22)10-14(16)13-5-6-13/h9,13-14,16,22H,3-8,10-11H2,1-2H3,(H,18,19,20)/t14-,16+/m0/s1. The van der Waals surface area contributed by atoms with Crippen molar-refractivity contribution >= 4 is 5.95 Å². The normalized spacial score (nSPS) is 25.6. The van der Waals surface area contributed by atoms with E-state index in [4.69, 9.17) is 5.11 Å². The molecule has 1 aromatic rings. The van der Waals surface area contributed by atoms with Gasteiger partial charge < -0.3 is 15.3 Å². The summed E-state index contributed by atoms with van der Waals surface area (Å²) in [6.07, 6.45) is 6.48. The zero-order chi connectivity index (χ0) is 15.5. The highest BCUT2D eigenvalue weighted by molar-refractivity contribution is 5.31. The van der Waals surface area contributed by atoms with Gasteiger partial charge in [0, 0.05) is 44.2 Å². The molecule has 2 fully saturated rings. The third-order valence-electron chi connectivity index (χ3n) is 5.03. The lowest BCUT2D eigenvalue weighted by atomic mass is 9.98. The van der Waals surface area contributed by atoms with E-state index < -0.39 is 0 Å². The SMILES string of the molecule is CCc1nc(N[C@@H]2CN(CCCO)C[C@H]2C2CC2)ncc1C. The molecule has 5 nitrogen and oxygen atoms in total. The van der Waals surface area contributed by atoms with E-state index in [1.165, 1.54) is 18.4 Å². The van der Waals surface area contributed by atoms with Gasteiger partial charge in [0.15, 0.2) is 0 Å². The van der Waals surface area contributed by atoms with Crippen LogP contribution in [0.25, 0.3) is 0 Å². The van der Waals surface area contributed by atoms with Crippen LogP contribution in [0.2, 0.25) is 0 Å². The van der Waals surface area contributed by atoms with Crippen LogP contribution >= 0.6 is 0 Å². The molecule has 122 valence electrons. The number of hydrogen-bond donors (Lipinski definition) is 2. The van der Waals surface area contributed by atoms with Gasteiger partial charge in [0.25, 0.3) is 0 Å². The Bertz CT molecular complexity index is 503. The summed E-state index contributed by atoms with van der Waals surface area (Å²) >= 11 is 0. The second-order valence-corrected chi connectivity index (χ2v) is 6.77. The molecule has 1 saturated heterocycles. The molecular formula is C17H28N4O. The topological polar surface area (TPSA) is 61.3 Å². The maximum atomic E-state index is 9.04. The molecular weight excluding hydrogens is 276 g/mol. The van der Waals surface area contributed by atoms with E-state index in [1.54, 1.807) is 0 Å². The van der Waals surface area contributed by atoms with Gasteiger partial charge in [-0.15, -0.1) is 0 Å². The Balaban J connectivity index is 1.66. The van der Waals surface area contributed by atoms with Gasteiger partial charge in [0.05, 0.1) is 0 Å². The fourth-order valence-corrected chi connectivity index (χ4v) is 3.62. The van der Waals surface area contributed by atoms with Gasteiger partial charge in [-0.25, -0.2) is 9.97 Å². The van der Waals surface area contributed by atoms with Crippen molar-refractivity contribution in [3.63, 3.8) is 0 Å². The van der Waals surface area contributed by atoms with Crippen LogP contribution in [0.3, 0.4) is 0 Å². The number of anilines is 1. The van der Waals surface area contributed by atoms with Crippen LogP contribution in [0.5, 0.6) is 0 Å². The number of hydrogen-bond acceptors (Lipinski definition) is 5. The first-order chi connectivity index (χ1) is 10.7. The Morgan fingerprint density at radius 2 is 2.18 bits per heavy atom. The van der Waals surface area contributed by atoms with Crippen molar-refractivity contribution in [3.8, 4) is 0 Å². The Morgan fingerprint density at radius 1 is 1.36 bits per heavy atom. The van der Waals surface area contributed by atoms with Gasteiger partial charge in [-0.05, 0) is 50.0 Å². The third-order valence-corrected chi connectivity index (χ3v) is 5.03. The lowest BCUT2D eigenvalue weighted by molar-refractivity contribution is 0.242. The first kappa shape index (κ1) is 15.7. The molecule has 0 amide bonds. The second kappa shape index (κ2) is 6.92. The summed E-state index contributed by atoms with van der Waals surface area (Å²) in [5.74, 6) is 2.35. The maximum Gasteiger partial charge on any atom is 0.223 e. The monoisotopic (exact) mass is 304 g/mol. The fraction of sp³-hybridized carbons (Fsp3) is 0.765. The summed E-state index contributed by atoms with van der Waals surface area (Å²) in [6.45, 7) is 7.67. The number of aromatic nitrogens is 2. The van der Waals surface area contributed by atoms with Crippen molar-refractivity contribution in [1.82, 2.24) is 14.9 Å². The molecule has 2 atom stereocenters. The molecule has 1 aliphatic heterocycles. The molecule has 5 heteroatoms. The Morgan fingerprint density at radius 3 is 2.86 bits per heavy atom. The highest BCUT2D eigenvalue weighted by Gasteiger charge is 2.42. The molecule has 2 N–H and O–H groups in total. The number of rotatable bonds is 7. The number of aliphatic hydroxyl groups is 1. The zero-order valence-corrected chi connectivity index (χ0v) is 13.8. The smallest absolute Gasteiger partial charge is 0.223 e. The minimum absolute atomic E-state index is 0.281. The highest BCUT2D eigenvalue weighted by Crippen LogP contribution is 2.42. The molecule has 2 aliphatic rings. The van der Waals surface area contributed by atoms with Gasteiger partial charge in [-0.3, -0.25) is 0 Å². The predicted octanol–water partition coefficient (Wildman–Crippen LogP) is 1.85. The van der Waals surface area contributed by atoms with Crippen LogP contribution in [0.15, 0.2) is 6.20 Å². The molecule has 1 saturated carbocycles. The molecule has 22 heavy (non-hydrogen) atoms. The van der Waals surface area contributed by atoms with E-state index >= 15 is 0 Å². The van der Waals surface area contributed by atoms with E-state index in [-0.39, 0.29) is 6.61 Å². The second-order valence-electron chi connectivity index (χ2n) is 6.77. The average molecular weight is 304 g/mol. The number of nitrogens with one attached hydrogen (secondary N) is 1. The van der Waals surface area contributed by atoms with Gasteiger partial charge >= 0.3 is 0 Å². The van der Waals surface area contributed by atoms with Crippen molar-refractivity contribution in [3.05, 3.63) is 17.5 Å². The molecule has 2 heterocycles. The van der Waals surface area contributed by atoms with Gasteiger partial charge in [0.1, 0.15) is 0 Å². The Labute approximate surface area is 133 Å². The van der Waals surface area contributed by atoms with E-state index in [0.717, 1.165) is 50.0 Å². The largest absolute Gasteiger partial charge is 0.396 e. The third kappa shape index (κ3) is 3.58. The summed E-state index contributed by atoms with van der Waals surface area (Å²) in [5, 5.41) is 12.6. The molecule has 0 spiro atoms. The fourth-order valence-electron chi connectivity index (χ4n) is 3.62. The predicted molar refractivity (Wildman–Crippen MR) is 87.9 cm³/mol. The number of nitrogens with zero attached hydrogens (tertiary/aromatic N) is 3. The minimum atomic E-state index is 0.281. The molecule has 0 radical (unpaired) electrons. The van der Waals surface area contributed by atoms with E-state index in [0.29, 0.717) is 12.0 Å². The lowest BCUT2D eigenvalue weighted by Crippen LogP contribution is -2.31. The van der Waals surface area contributed by atoms with E-state index in [9.17, 15) is 0 Å². The summed E-state index contributed by atoms with van der Waals surface area (Å²) in [4.78, 5) is 11.6. The quantitative estimate of drug-likeness (QED) is 0.805. The molecule has 0 aromatic carbocycles. The van der Waals surface area contributed by atoms with Crippen LogP contribution in [0, 0.1) is 18.8 Å². The van der Waals surface area contributed by atoms with Crippen LogP contribution in [-0.2, 0) is 6.42 Å². The van der Waals surface area contributed by atoms with Crippen molar-refractivity contribution in [2.24, 2.45) is 11.8 Å². The van der Waals surface area contributed by atoms with Crippen LogP contribution in [-0.4, -0.2) is 52.3 Å². The molecule has 1 aromatic heterocycles. The first-order valence-electron chi connectivity index (χ1n) is 8.63. The summed E-state index contributed by atoms with van der Waals surface area (Å²) in [6, 6.07) is 0.443. The van der Waals surface area contributed by atoms with Crippen molar-refractivity contribution in [1.29, 1.82) is 0 Å². The van der Waals surface area contributed by atoms with Gasteiger partial charge in [0.2, 0.25) is 5.95 Å². The van der Waals surface area contributed by atoms with E-state index in [2.05, 4.69) is 34.0 Å². The summed E-state index contributed by atoms with van der Waals surface area (Å²) in [5.41, 5.74) is 2.30. The summed E-state index contributed by atoms with van der Waals surface area (Å²) < 4.78 is 0. The van der Waals surface area contributed by atoms with Crippen molar-refractivity contribution in [2.45, 2.75) is 45.6 Å². The number of aliphatic hydroxyl groups excluding tert-OH is 1. The molecule has 0 unspecified atom stereocenters. The first-order valence-corrected chi connectivity index (χ1v) is 8.63. The van der Waals surface area contributed by atoms with Crippen molar-refractivity contribution in [2.75, 3.05) is 31.6 Å². The summed E-state index contributed by atoms with van der Waals surface area (Å²) in [7, 11) is 0.